The molecule has 0 spiro atoms. The highest BCUT2D eigenvalue weighted by Crippen LogP contribution is 2.35. The van der Waals surface area contributed by atoms with Crippen LogP contribution in [0.1, 0.15) is 194 Å². The summed E-state index contributed by atoms with van der Waals surface area (Å²) in [6, 6.07) is 0. The lowest BCUT2D eigenvalue weighted by atomic mass is 10.0. The van der Waals surface area contributed by atoms with Crippen LogP contribution in [0, 0.1) is 0 Å². The maximum Gasteiger partial charge on any atom is 0.325 e. The van der Waals surface area contributed by atoms with E-state index in [0.29, 0.717) is 6.42 Å². The molecule has 5 heteroatoms. The van der Waals surface area contributed by atoms with Gasteiger partial charge >= 0.3 is 7.60 Å². The van der Waals surface area contributed by atoms with Crippen LogP contribution < -0.4 is 5.73 Å². The Morgan fingerprint density at radius 2 is 0.622 bits per heavy atom. The Labute approximate surface area is 233 Å². The molecule has 0 aliphatic heterocycles. The van der Waals surface area contributed by atoms with Gasteiger partial charge in [-0.05, 0) is 19.4 Å². The van der Waals surface area contributed by atoms with Crippen molar-refractivity contribution in [2.45, 2.75) is 194 Å². The topological polar surface area (TPSA) is 83.6 Å². The molecule has 0 unspecified atom stereocenters. The molecule has 0 radical (unpaired) electrons. The third-order valence-corrected chi connectivity index (χ3v) is 8.26. The Morgan fingerprint density at radius 3 is 0.838 bits per heavy atom. The Balaban J connectivity index is 0. The Kier molecular flexibility index (Phi) is 36.2. The summed E-state index contributed by atoms with van der Waals surface area (Å²) in [5, 5.41) is 0. The summed E-state index contributed by atoms with van der Waals surface area (Å²) < 4.78 is 10.6. The zero-order chi connectivity index (χ0) is 27.7. The highest BCUT2D eigenvalue weighted by Gasteiger charge is 2.10. The van der Waals surface area contributed by atoms with Gasteiger partial charge in [-0.2, -0.15) is 0 Å². The normalized spacial score (nSPS) is 11.5. The van der Waals surface area contributed by atoms with Crippen molar-refractivity contribution in [3.05, 3.63) is 0 Å². The maximum atomic E-state index is 10.6. The van der Waals surface area contributed by atoms with Crippen LogP contribution in [-0.4, -0.2) is 22.5 Å². The van der Waals surface area contributed by atoms with Crippen LogP contribution in [-0.2, 0) is 4.57 Å². The van der Waals surface area contributed by atoms with E-state index in [1.165, 1.54) is 161 Å². The number of nitrogens with two attached hydrogens (primary N) is 1. The number of rotatable bonds is 29. The van der Waals surface area contributed by atoms with Gasteiger partial charge in [-0.3, -0.25) is 4.57 Å². The summed E-state index contributed by atoms with van der Waals surface area (Å²) in [6.45, 7) is 5.41. The first-order valence-electron chi connectivity index (χ1n) is 16.7. The highest BCUT2D eigenvalue weighted by molar-refractivity contribution is 7.51. The summed E-state index contributed by atoms with van der Waals surface area (Å²) in [6.07, 6.45) is 37.7. The third-order valence-electron chi connectivity index (χ3n) is 7.36. The second-order valence-corrected chi connectivity index (χ2v) is 13.1. The fourth-order valence-electron chi connectivity index (χ4n) is 4.85. The molecule has 4 nitrogen and oxygen atoms in total. The second-order valence-electron chi connectivity index (χ2n) is 11.4. The van der Waals surface area contributed by atoms with Gasteiger partial charge in [-0.25, -0.2) is 0 Å². The molecule has 0 aliphatic rings. The van der Waals surface area contributed by atoms with Gasteiger partial charge in [0.1, 0.15) is 0 Å². The average molecular weight is 548 g/mol. The van der Waals surface area contributed by atoms with Gasteiger partial charge < -0.3 is 15.5 Å². The molecule has 0 saturated carbocycles. The monoisotopic (exact) mass is 548 g/mol. The molecule has 0 atom stereocenters. The predicted molar refractivity (Wildman–Crippen MR) is 167 cm³/mol. The molecule has 0 saturated heterocycles. The van der Waals surface area contributed by atoms with Crippen LogP contribution in [0.15, 0.2) is 0 Å². The van der Waals surface area contributed by atoms with E-state index in [1.807, 2.05) is 0 Å². The summed E-state index contributed by atoms with van der Waals surface area (Å²) in [7, 11) is -3.75. The van der Waals surface area contributed by atoms with E-state index in [2.05, 4.69) is 13.8 Å². The van der Waals surface area contributed by atoms with Gasteiger partial charge in [0, 0.05) is 6.16 Å². The number of hydrogen-bond donors (Lipinski definition) is 3. The summed E-state index contributed by atoms with van der Waals surface area (Å²) in [5.74, 6) is 0. The first-order chi connectivity index (χ1) is 18.0. The number of hydrogen-bond acceptors (Lipinski definition) is 2. The van der Waals surface area contributed by atoms with Gasteiger partial charge in [-0.1, -0.05) is 181 Å². The molecule has 0 aliphatic carbocycles. The first kappa shape index (κ1) is 39.3. The molecular weight excluding hydrogens is 477 g/mol. The predicted octanol–water partition coefficient (Wildman–Crippen LogP) is 11.1. The van der Waals surface area contributed by atoms with Gasteiger partial charge in [0.15, 0.2) is 0 Å². The molecule has 0 aromatic heterocycles. The summed E-state index contributed by atoms with van der Waals surface area (Å²) in [4.78, 5) is 17.4. The van der Waals surface area contributed by atoms with Crippen molar-refractivity contribution in [1.29, 1.82) is 0 Å². The van der Waals surface area contributed by atoms with E-state index in [0.717, 1.165) is 19.4 Å². The number of unbranched alkanes of at least 4 members (excludes halogenated alkanes) is 26. The van der Waals surface area contributed by atoms with Crippen molar-refractivity contribution in [2.24, 2.45) is 5.73 Å². The lowest BCUT2D eigenvalue weighted by Gasteiger charge is -2.04. The highest BCUT2D eigenvalue weighted by atomic mass is 31.2. The van der Waals surface area contributed by atoms with E-state index in [9.17, 15) is 4.57 Å². The molecule has 0 heterocycles. The largest absolute Gasteiger partial charge is 0.330 e. The summed E-state index contributed by atoms with van der Waals surface area (Å²) >= 11 is 0. The Morgan fingerprint density at radius 1 is 0.405 bits per heavy atom. The van der Waals surface area contributed by atoms with Crippen molar-refractivity contribution in [2.75, 3.05) is 12.7 Å². The van der Waals surface area contributed by atoms with Crippen LogP contribution >= 0.6 is 7.60 Å². The summed E-state index contributed by atoms with van der Waals surface area (Å²) in [5.41, 5.74) is 5.48. The van der Waals surface area contributed by atoms with Crippen molar-refractivity contribution in [3.8, 4) is 0 Å². The minimum Gasteiger partial charge on any atom is -0.330 e. The Bertz CT molecular complexity index is 426. The van der Waals surface area contributed by atoms with Crippen molar-refractivity contribution in [3.63, 3.8) is 0 Å². The zero-order valence-electron chi connectivity index (χ0n) is 25.5. The molecule has 226 valence electrons. The van der Waals surface area contributed by atoms with Gasteiger partial charge in [-0.15, -0.1) is 0 Å². The van der Waals surface area contributed by atoms with Crippen molar-refractivity contribution >= 4 is 7.60 Å². The smallest absolute Gasteiger partial charge is 0.325 e. The van der Waals surface area contributed by atoms with Crippen molar-refractivity contribution < 1.29 is 14.4 Å². The van der Waals surface area contributed by atoms with E-state index < -0.39 is 7.60 Å². The molecule has 0 bridgehead atoms. The standard InChI is InChI=1S/C18H39N.C14H31O3P/c1-2-3-4-5-6-7-8-9-10-11-12-13-14-15-16-17-18-19;1-2-3-4-5-6-7-8-9-10-11-12-13-14-18(15,16)17/h2-19H2,1H3;2-14H2,1H3,(H2,15,16,17). The van der Waals surface area contributed by atoms with Crippen LogP contribution in [0.3, 0.4) is 0 Å². The second kappa shape index (κ2) is 34.1. The minimum absolute atomic E-state index is 0.0599. The van der Waals surface area contributed by atoms with Crippen LogP contribution in [0.4, 0.5) is 0 Å². The van der Waals surface area contributed by atoms with Gasteiger partial charge in [0.2, 0.25) is 0 Å². The molecule has 0 fully saturated rings. The fraction of sp³-hybridized carbons (Fsp3) is 1.00. The molecule has 37 heavy (non-hydrogen) atoms. The van der Waals surface area contributed by atoms with E-state index >= 15 is 0 Å². The molecule has 0 rings (SSSR count). The molecule has 0 amide bonds. The average Bonchev–Trinajstić information content (AvgIpc) is 2.87. The first-order valence-corrected chi connectivity index (χ1v) is 18.5. The van der Waals surface area contributed by atoms with E-state index in [-0.39, 0.29) is 6.16 Å². The molecule has 0 aromatic rings. The van der Waals surface area contributed by atoms with Gasteiger partial charge in [0.25, 0.3) is 0 Å². The molecular formula is C32H70NO3P. The lowest BCUT2D eigenvalue weighted by molar-refractivity contribution is 0.370. The molecule has 0 aromatic carbocycles. The quantitative estimate of drug-likeness (QED) is 0.0642. The lowest BCUT2D eigenvalue weighted by Crippen LogP contribution is -1.97. The van der Waals surface area contributed by atoms with Crippen LogP contribution in [0.25, 0.3) is 0 Å². The zero-order valence-corrected chi connectivity index (χ0v) is 26.4. The maximum absolute atomic E-state index is 10.6. The minimum atomic E-state index is -3.75. The van der Waals surface area contributed by atoms with Crippen molar-refractivity contribution in [1.82, 2.24) is 0 Å². The third kappa shape index (κ3) is 43.4. The fourth-order valence-corrected chi connectivity index (χ4v) is 5.49. The van der Waals surface area contributed by atoms with Crippen LogP contribution in [0.5, 0.6) is 0 Å². The Hall–Kier alpha value is 0.110. The SMILES string of the molecule is CCCCCCCCCCCCCCCCCCN.CCCCCCCCCCCCCCP(=O)(O)O. The van der Waals surface area contributed by atoms with Crippen LogP contribution in [0.2, 0.25) is 0 Å². The molecule has 4 N–H and O–H groups in total. The van der Waals surface area contributed by atoms with E-state index in [1.54, 1.807) is 0 Å². The van der Waals surface area contributed by atoms with E-state index in [4.69, 9.17) is 15.5 Å². The van der Waals surface area contributed by atoms with Gasteiger partial charge in [0.05, 0.1) is 0 Å².